The summed E-state index contributed by atoms with van der Waals surface area (Å²) < 4.78 is 1.42. The van der Waals surface area contributed by atoms with Gasteiger partial charge in [0.2, 0.25) is 0 Å². The van der Waals surface area contributed by atoms with Gasteiger partial charge in [-0.2, -0.15) is 0 Å². The third kappa shape index (κ3) is 4.75. The number of aliphatic hydroxyl groups excluding tert-OH is 1. The Kier molecular flexibility index (Phi) is 6.41. The normalized spacial score (nSPS) is 19.2. The molecule has 28 heavy (non-hydrogen) atoms. The summed E-state index contributed by atoms with van der Waals surface area (Å²) in [6.07, 6.45) is 4.74. The number of aliphatic hydroxyl groups is 1. The summed E-state index contributed by atoms with van der Waals surface area (Å²) >= 11 is 0. The van der Waals surface area contributed by atoms with Gasteiger partial charge in [0.15, 0.2) is 5.78 Å². The van der Waals surface area contributed by atoms with Gasteiger partial charge < -0.3 is 15.0 Å². The molecule has 0 bridgehead atoms. The zero-order chi connectivity index (χ0) is 20.1. The lowest BCUT2D eigenvalue weighted by Crippen LogP contribution is -2.32. The molecule has 1 saturated carbocycles. The second-order valence-electron chi connectivity index (χ2n) is 7.45. The van der Waals surface area contributed by atoms with Gasteiger partial charge in [0.1, 0.15) is 5.56 Å². The first kappa shape index (κ1) is 20.0. The van der Waals surface area contributed by atoms with E-state index in [0.29, 0.717) is 18.4 Å². The molecule has 3 rings (SSSR count). The van der Waals surface area contributed by atoms with Crippen molar-refractivity contribution in [3.63, 3.8) is 0 Å². The second-order valence-corrected chi connectivity index (χ2v) is 7.45. The molecule has 0 aliphatic heterocycles. The summed E-state index contributed by atoms with van der Waals surface area (Å²) in [6.45, 7) is 0.285. The molecular formula is C22H26N2O4. The Hall–Kier alpha value is -2.73. The molecule has 0 unspecified atom stereocenters. The minimum Gasteiger partial charge on any atom is -0.393 e. The first-order valence-electron chi connectivity index (χ1n) is 9.69. The molecule has 1 fully saturated rings. The zero-order valence-corrected chi connectivity index (χ0v) is 16.1. The van der Waals surface area contributed by atoms with Crippen LogP contribution in [0, 0.1) is 5.92 Å². The van der Waals surface area contributed by atoms with Gasteiger partial charge in [-0.05, 0) is 36.8 Å². The highest BCUT2D eigenvalue weighted by Crippen LogP contribution is 2.28. The molecule has 0 saturated heterocycles. The summed E-state index contributed by atoms with van der Waals surface area (Å²) in [5.74, 6) is -0.477. The first-order chi connectivity index (χ1) is 13.5. The number of nitrogens with zero attached hydrogens (tertiary/aromatic N) is 1. The fourth-order valence-corrected chi connectivity index (χ4v) is 3.81. The van der Waals surface area contributed by atoms with E-state index in [2.05, 4.69) is 5.32 Å². The smallest absolute Gasteiger partial charge is 0.263 e. The molecule has 0 spiro atoms. The van der Waals surface area contributed by atoms with Crippen molar-refractivity contribution in [3.8, 4) is 0 Å². The van der Waals surface area contributed by atoms with Gasteiger partial charge in [-0.15, -0.1) is 0 Å². The van der Waals surface area contributed by atoms with E-state index >= 15 is 0 Å². The maximum atomic E-state index is 12.9. The second kappa shape index (κ2) is 8.97. The van der Waals surface area contributed by atoms with Crippen LogP contribution in [0.25, 0.3) is 0 Å². The van der Waals surface area contributed by atoms with Crippen LogP contribution in [0.4, 0.5) is 0 Å². The topological polar surface area (TPSA) is 88.4 Å². The van der Waals surface area contributed by atoms with Crippen LogP contribution in [0.3, 0.4) is 0 Å². The Morgan fingerprint density at radius 1 is 1.21 bits per heavy atom. The molecule has 148 valence electrons. The molecule has 1 aliphatic rings. The SMILES string of the molecule is CNC(=O)c1cc(C(=O)C[C@H]2CCC[C@@H](O)C2)cn(Cc2ccccc2)c1=O. The number of Topliss-reactive ketones (excluding diaryl/α,β-unsaturated/α-hetero) is 1. The summed E-state index contributed by atoms with van der Waals surface area (Å²) in [7, 11) is 1.46. The van der Waals surface area contributed by atoms with Crippen molar-refractivity contribution in [2.45, 2.75) is 44.8 Å². The number of benzene rings is 1. The van der Waals surface area contributed by atoms with Crippen LogP contribution in [0.15, 0.2) is 47.4 Å². The molecule has 2 N–H and O–H groups in total. The van der Waals surface area contributed by atoms with E-state index < -0.39 is 11.5 Å². The molecule has 2 aromatic rings. The highest BCUT2D eigenvalue weighted by Gasteiger charge is 2.24. The number of hydrogen-bond acceptors (Lipinski definition) is 4. The van der Waals surface area contributed by atoms with Gasteiger partial charge in [0.25, 0.3) is 11.5 Å². The molecule has 2 atom stereocenters. The number of carbonyl (C=O) groups excluding carboxylic acids is 2. The van der Waals surface area contributed by atoms with Crippen LogP contribution < -0.4 is 10.9 Å². The quantitative estimate of drug-likeness (QED) is 0.751. The van der Waals surface area contributed by atoms with Crippen molar-refractivity contribution in [1.82, 2.24) is 9.88 Å². The average Bonchev–Trinajstić information content (AvgIpc) is 2.69. The standard InChI is InChI=1S/C22H26N2O4/c1-23-21(27)19-12-17(20(26)11-16-8-5-9-18(25)10-16)14-24(22(19)28)13-15-6-3-2-4-7-15/h2-4,6-7,12,14,16,18,25H,5,8-11,13H2,1H3,(H,23,27)/t16-,18+/m0/s1. The molecular weight excluding hydrogens is 356 g/mol. The first-order valence-corrected chi connectivity index (χ1v) is 9.69. The summed E-state index contributed by atoms with van der Waals surface area (Å²) in [4.78, 5) is 37.8. The largest absolute Gasteiger partial charge is 0.393 e. The predicted molar refractivity (Wildman–Crippen MR) is 107 cm³/mol. The molecule has 1 aliphatic carbocycles. The molecule has 1 aromatic heterocycles. The maximum absolute atomic E-state index is 12.9. The Labute approximate surface area is 164 Å². The van der Waals surface area contributed by atoms with Gasteiger partial charge in [-0.25, -0.2) is 0 Å². The van der Waals surface area contributed by atoms with Crippen LogP contribution >= 0.6 is 0 Å². The highest BCUT2D eigenvalue weighted by molar-refractivity contribution is 6.00. The van der Waals surface area contributed by atoms with Gasteiger partial charge in [0.05, 0.1) is 12.6 Å². The van der Waals surface area contributed by atoms with E-state index in [0.717, 1.165) is 24.8 Å². The third-order valence-electron chi connectivity index (χ3n) is 5.30. The lowest BCUT2D eigenvalue weighted by Gasteiger charge is -2.25. The number of aromatic nitrogens is 1. The molecule has 0 radical (unpaired) electrons. The number of hydrogen-bond donors (Lipinski definition) is 2. The molecule has 1 aromatic carbocycles. The predicted octanol–water partition coefficient (Wildman–Crippen LogP) is 2.38. The summed E-state index contributed by atoms with van der Waals surface area (Å²) in [5, 5.41) is 12.3. The van der Waals surface area contributed by atoms with E-state index in [1.54, 1.807) is 6.20 Å². The van der Waals surface area contributed by atoms with E-state index in [-0.39, 0.29) is 29.9 Å². The fraction of sp³-hybridized carbons (Fsp3) is 0.409. The number of rotatable bonds is 6. The summed E-state index contributed by atoms with van der Waals surface area (Å²) in [6, 6.07) is 10.8. The Balaban J connectivity index is 1.91. The molecule has 1 amide bonds. The summed E-state index contributed by atoms with van der Waals surface area (Å²) in [5.41, 5.74) is 0.808. The van der Waals surface area contributed by atoms with Crippen LogP contribution in [-0.2, 0) is 6.54 Å². The number of nitrogens with one attached hydrogen (secondary N) is 1. The van der Waals surface area contributed by atoms with E-state index in [1.807, 2.05) is 30.3 Å². The third-order valence-corrected chi connectivity index (χ3v) is 5.30. The number of amides is 1. The number of ketones is 1. The minimum atomic E-state index is -0.505. The van der Waals surface area contributed by atoms with Crippen molar-refractivity contribution < 1.29 is 14.7 Å². The zero-order valence-electron chi connectivity index (χ0n) is 16.1. The monoisotopic (exact) mass is 382 g/mol. The van der Waals surface area contributed by atoms with Gasteiger partial charge in [-0.3, -0.25) is 14.4 Å². The Bertz CT molecular complexity index is 904. The number of pyridine rings is 1. The molecule has 6 heteroatoms. The lowest BCUT2D eigenvalue weighted by atomic mass is 9.83. The Morgan fingerprint density at radius 2 is 1.96 bits per heavy atom. The van der Waals surface area contributed by atoms with Gasteiger partial charge >= 0.3 is 0 Å². The van der Waals surface area contributed by atoms with Crippen molar-refractivity contribution in [2.75, 3.05) is 7.05 Å². The Morgan fingerprint density at radius 3 is 2.64 bits per heavy atom. The van der Waals surface area contributed by atoms with Crippen LogP contribution in [0.5, 0.6) is 0 Å². The molecule has 1 heterocycles. The maximum Gasteiger partial charge on any atom is 0.263 e. The highest BCUT2D eigenvalue weighted by atomic mass is 16.3. The van der Waals surface area contributed by atoms with E-state index in [1.165, 1.54) is 17.7 Å². The molecule has 6 nitrogen and oxygen atoms in total. The van der Waals surface area contributed by atoms with Crippen LogP contribution in [0.1, 0.15) is 58.4 Å². The van der Waals surface area contributed by atoms with E-state index in [9.17, 15) is 19.5 Å². The van der Waals surface area contributed by atoms with E-state index in [4.69, 9.17) is 0 Å². The van der Waals surface area contributed by atoms with Crippen molar-refractivity contribution >= 4 is 11.7 Å². The van der Waals surface area contributed by atoms with Crippen LogP contribution in [-0.4, -0.2) is 34.5 Å². The average molecular weight is 382 g/mol. The lowest BCUT2D eigenvalue weighted by molar-refractivity contribution is 0.0823. The number of carbonyl (C=O) groups is 2. The van der Waals surface area contributed by atoms with Crippen LogP contribution in [0.2, 0.25) is 0 Å². The van der Waals surface area contributed by atoms with Gasteiger partial charge in [0, 0.05) is 25.2 Å². The fourth-order valence-electron chi connectivity index (χ4n) is 3.81. The van der Waals surface area contributed by atoms with Crippen molar-refractivity contribution in [2.24, 2.45) is 5.92 Å². The van der Waals surface area contributed by atoms with Gasteiger partial charge in [-0.1, -0.05) is 36.8 Å². The minimum absolute atomic E-state index is 0.0343. The van der Waals surface area contributed by atoms with Crippen molar-refractivity contribution in [1.29, 1.82) is 0 Å². The van der Waals surface area contributed by atoms with Crippen molar-refractivity contribution in [3.05, 3.63) is 69.6 Å².